The fourth-order valence-electron chi connectivity index (χ4n) is 5.06. The molecule has 0 fully saturated rings. The molecule has 0 spiro atoms. The van der Waals surface area contributed by atoms with Gasteiger partial charge in [0, 0.05) is 47.4 Å². The molecule has 1 heterocycles. The highest BCUT2D eigenvalue weighted by molar-refractivity contribution is 9.10. The molecule has 0 amide bonds. The predicted octanol–water partition coefficient (Wildman–Crippen LogP) is 5.76. The fraction of sp³-hybridized carbons (Fsp3) is 0.280. The molecule has 0 saturated heterocycles. The van der Waals surface area contributed by atoms with Gasteiger partial charge in [0.25, 0.3) is 5.69 Å². The van der Waals surface area contributed by atoms with Crippen LogP contribution in [0.4, 0.5) is 11.4 Å². The molecule has 0 atom stereocenters. The van der Waals surface area contributed by atoms with Crippen molar-refractivity contribution in [2.75, 3.05) is 0 Å². The monoisotopic (exact) mass is 553 g/mol. The summed E-state index contributed by atoms with van der Waals surface area (Å²) in [6.45, 7) is 0. The number of nitro benzene ring substituents is 2. The molecule has 1 aliphatic heterocycles. The molecule has 3 aliphatic rings. The fourth-order valence-corrected chi connectivity index (χ4v) is 5.54. The van der Waals surface area contributed by atoms with Crippen molar-refractivity contribution in [2.45, 2.75) is 44.4 Å². The molecule has 0 aromatic heterocycles. The molecule has 2 aromatic carbocycles. The van der Waals surface area contributed by atoms with Gasteiger partial charge in [0.05, 0.1) is 20.4 Å². The van der Waals surface area contributed by atoms with Gasteiger partial charge in [-0.2, -0.15) is 0 Å². The normalized spacial score (nSPS) is 17.9. The van der Waals surface area contributed by atoms with Crippen LogP contribution < -0.4 is 10.1 Å². The predicted molar refractivity (Wildman–Crippen MR) is 132 cm³/mol. The van der Waals surface area contributed by atoms with E-state index >= 15 is 0 Å². The average Bonchev–Trinajstić information content (AvgIpc) is 2.84. The standard InChI is InChI=1S/C25H20BrN3O7/c26-15-11-13(7-9-21(15)36-22-10-8-14(28(32)33)12-18(22)29(34)35)23-24-16(3-1-5-19(24)30)27-17-4-2-6-20(31)25(17)23/h7-12,23,27H,1-6H2. The van der Waals surface area contributed by atoms with Crippen LogP contribution in [0.5, 0.6) is 11.5 Å². The van der Waals surface area contributed by atoms with Crippen LogP contribution in [0, 0.1) is 20.2 Å². The number of Topliss-reactive ketones (excluding diaryl/α,β-unsaturated/α-hetero) is 2. The second-order valence-electron chi connectivity index (χ2n) is 8.85. The van der Waals surface area contributed by atoms with E-state index in [2.05, 4.69) is 21.2 Å². The van der Waals surface area contributed by atoms with Crippen molar-refractivity contribution in [1.82, 2.24) is 5.32 Å². The lowest BCUT2D eigenvalue weighted by atomic mass is 9.71. The Morgan fingerprint density at radius 2 is 1.44 bits per heavy atom. The number of nitrogens with one attached hydrogen (secondary N) is 1. The Morgan fingerprint density at radius 3 is 2.00 bits per heavy atom. The van der Waals surface area contributed by atoms with Crippen molar-refractivity contribution in [3.8, 4) is 11.5 Å². The number of ether oxygens (including phenoxy) is 1. The maximum Gasteiger partial charge on any atom is 0.318 e. The van der Waals surface area contributed by atoms with Crippen molar-refractivity contribution in [3.63, 3.8) is 0 Å². The average molecular weight is 554 g/mol. The third-order valence-corrected chi connectivity index (χ3v) is 7.27. The van der Waals surface area contributed by atoms with Crippen LogP contribution >= 0.6 is 15.9 Å². The number of dihydropyridines is 1. The number of allylic oxidation sites excluding steroid dienone is 4. The van der Waals surface area contributed by atoms with Gasteiger partial charge in [-0.05, 0) is 65.4 Å². The molecule has 2 aliphatic carbocycles. The summed E-state index contributed by atoms with van der Waals surface area (Å²) in [5.41, 5.74) is 2.79. The molecule has 0 saturated carbocycles. The second kappa shape index (κ2) is 9.30. The molecule has 184 valence electrons. The maximum atomic E-state index is 13.0. The zero-order chi connectivity index (χ0) is 25.6. The number of carbonyl (C=O) groups is 2. The van der Waals surface area contributed by atoms with Gasteiger partial charge in [0.15, 0.2) is 11.6 Å². The highest BCUT2D eigenvalue weighted by atomic mass is 79.9. The van der Waals surface area contributed by atoms with E-state index in [4.69, 9.17) is 4.74 Å². The molecule has 0 radical (unpaired) electrons. The molecule has 5 rings (SSSR count). The van der Waals surface area contributed by atoms with E-state index in [1.54, 1.807) is 18.2 Å². The Bertz CT molecular complexity index is 1370. The third-order valence-electron chi connectivity index (χ3n) is 6.65. The number of nitro groups is 2. The summed E-state index contributed by atoms with van der Waals surface area (Å²) in [5, 5.41) is 25.9. The molecule has 0 bridgehead atoms. The molecule has 1 N–H and O–H groups in total. The Labute approximate surface area is 213 Å². The number of non-ortho nitro benzene ring substituents is 1. The first-order valence-corrected chi connectivity index (χ1v) is 12.2. The molecule has 11 heteroatoms. The van der Waals surface area contributed by atoms with Crippen LogP contribution in [-0.2, 0) is 9.59 Å². The molecule has 10 nitrogen and oxygen atoms in total. The Hall–Kier alpha value is -3.86. The van der Waals surface area contributed by atoms with Crippen molar-refractivity contribution >= 4 is 38.9 Å². The lowest BCUT2D eigenvalue weighted by molar-refractivity contribution is -0.394. The zero-order valence-corrected chi connectivity index (χ0v) is 20.5. The molecule has 2 aromatic rings. The van der Waals surface area contributed by atoms with Gasteiger partial charge >= 0.3 is 5.69 Å². The van der Waals surface area contributed by atoms with E-state index in [1.165, 1.54) is 6.07 Å². The smallest absolute Gasteiger partial charge is 0.318 e. The first kappa shape index (κ1) is 23.9. The Kier molecular flexibility index (Phi) is 6.17. The first-order chi connectivity index (χ1) is 17.2. The van der Waals surface area contributed by atoms with Gasteiger partial charge < -0.3 is 10.1 Å². The lowest BCUT2D eigenvalue weighted by Crippen LogP contribution is -2.36. The van der Waals surface area contributed by atoms with Gasteiger partial charge in [0.2, 0.25) is 5.75 Å². The van der Waals surface area contributed by atoms with Crippen LogP contribution in [0.2, 0.25) is 0 Å². The number of ketones is 2. The van der Waals surface area contributed by atoms with E-state index in [0.717, 1.165) is 54.8 Å². The summed E-state index contributed by atoms with van der Waals surface area (Å²) in [6.07, 6.45) is 3.88. The number of halogens is 1. The van der Waals surface area contributed by atoms with Crippen LogP contribution in [0.1, 0.15) is 50.0 Å². The largest absolute Gasteiger partial charge is 0.449 e. The Balaban J connectivity index is 1.54. The molecular formula is C25H20BrN3O7. The molecule has 0 unspecified atom stereocenters. The van der Waals surface area contributed by atoms with Crippen molar-refractivity contribution < 1.29 is 24.2 Å². The number of benzene rings is 2. The molecule has 36 heavy (non-hydrogen) atoms. The summed E-state index contributed by atoms with van der Waals surface area (Å²) in [6, 6.07) is 8.25. The summed E-state index contributed by atoms with van der Waals surface area (Å²) in [5.74, 6) is -0.344. The summed E-state index contributed by atoms with van der Waals surface area (Å²) >= 11 is 3.46. The summed E-state index contributed by atoms with van der Waals surface area (Å²) in [4.78, 5) is 47.0. The third kappa shape index (κ3) is 4.19. The maximum absolute atomic E-state index is 13.0. The summed E-state index contributed by atoms with van der Waals surface area (Å²) < 4.78 is 6.21. The van der Waals surface area contributed by atoms with Gasteiger partial charge in [-0.15, -0.1) is 0 Å². The van der Waals surface area contributed by atoms with Gasteiger partial charge in [-0.1, -0.05) is 6.07 Å². The van der Waals surface area contributed by atoms with Crippen LogP contribution in [0.15, 0.2) is 63.4 Å². The second-order valence-corrected chi connectivity index (χ2v) is 9.71. The van der Waals surface area contributed by atoms with Gasteiger partial charge in [0.1, 0.15) is 5.75 Å². The SMILES string of the molecule is O=C1CCCC2=C1C(c1ccc(Oc3ccc([N+](=O)[O-])cc3[N+](=O)[O-])c(Br)c1)C1=C(CCCC1=O)N2. The number of hydrogen-bond acceptors (Lipinski definition) is 8. The van der Waals surface area contributed by atoms with Gasteiger partial charge in [-0.25, -0.2) is 0 Å². The van der Waals surface area contributed by atoms with E-state index in [9.17, 15) is 29.8 Å². The van der Waals surface area contributed by atoms with E-state index in [1.807, 2.05) is 0 Å². The summed E-state index contributed by atoms with van der Waals surface area (Å²) in [7, 11) is 0. The minimum atomic E-state index is -0.745. The van der Waals surface area contributed by atoms with Crippen molar-refractivity contribution in [3.05, 3.63) is 89.2 Å². The number of carbonyl (C=O) groups excluding carboxylic acids is 2. The van der Waals surface area contributed by atoms with E-state index < -0.39 is 27.1 Å². The quantitative estimate of drug-likeness (QED) is 0.363. The van der Waals surface area contributed by atoms with E-state index in [0.29, 0.717) is 28.5 Å². The van der Waals surface area contributed by atoms with E-state index in [-0.39, 0.29) is 23.1 Å². The lowest BCUT2D eigenvalue weighted by Gasteiger charge is -2.37. The van der Waals surface area contributed by atoms with Crippen LogP contribution in [0.3, 0.4) is 0 Å². The molecular weight excluding hydrogens is 534 g/mol. The minimum Gasteiger partial charge on any atom is -0.449 e. The number of rotatable bonds is 5. The zero-order valence-electron chi connectivity index (χ0n) is 18.9. The highest BCUT2D eigenvalue weighted by Crippen LogP contribution is 2.47. The van der Waals surface area contributed by atoms with Gasteiger partial charge in [-0.3, -0.25) is 29.8 Å². The first-order valence-electron chi connectivity index (χ1n) is 11.4. The van der Waals surface area contributed by atoms with Crippen molar-refractivity contribution in [1.29, 1.82) is 0 Å². The highest BCUT2D eigenvalue weighted by Gasteiger charge is 2.40. The van der Waals surface area contributed by atoms with Crippen LogP contribution in [-0.4, -0.2) is 21.4 Å². The minimum absolute atomic E-state index is 0.0247. The number of hydrogen-bond donors (Lipinski definition) is 1. The van der Waals surface area contributed by atoms with Crippen LogP contribution in [0.25, 0.3) is 0 Å². The number of nitrogens with zero attached hydrogens (tertiary/aromatic N) is 2. The topological polar surface area (TPSA) is 142 Å². The Morgan fingerprint density at radius 1 is 0.833 bits per heavy atom. The van der Waals surface area contributed by atoms with Crippen molar-refractivity contribution in [2.24, 2.45) is 0 Å².